The molecule has 0 bridgehead atoms. The van der Waals surface area contributed by atoms with Gasteiger partial charge in [0.15, 0.2) is 0 Å². The van der Waals surface area contributed by atoms with Gasteiger partial charge in [0.2, 0.25) is 5.78 Å². The summed E-state index contributed by atoms with van der Waals surface area (Å²) >= 11 is 5.77. The van der Waals surface area contributed by atoms with Crippen molar-refractivity contribution in [3.8, 4) is 0 Å². The zero-order valence-electron chi connectivity index (χ0n) is 15.7. The quantitative estimate of drug-likeness (QED) is 0.647. The Morgan fingerprint density at radius 1 is 1.41 bits per heavy atom. The predicted octanol–water partition coefficient (Wildman–Crippen LogP) is 5.18. The Morgan fingerprint density at radius 3 is 2.78 bits per heavy atom. The van der Waals surface area contributed by atoms with E-state index in [2.05, 4.69) is 5.32 Å². The summed E-state index contributed by atoms with van der Waals surface area (Å²) in [5.74, 6) is -5.03. The molecule has 1 saturated heterocycles. The van der Waals surface area contributed by atoms with Gasteiger partial charge in [-0.2, -0.15) is 8.78 Å². The molecule has 0 radical (unpaired) electrons. The van der Waals surface area contributed by atoms with Crippen LogP contribution in [-0.4, -0.2) is 31.4 Å². The first-order valence-corrected chi connectivity index (χ1v) is 9.84. The molecule has 1 aromatic carbocycles. The van der Waals surface area contributed by atoms with Crippen LogP contribution >= 0.6 is 11.6 Å². The third-order valence-electron chi connectivity index (χ3n) is 5.22. The fraction of sp³-hybridized carbons (Fsp3) is 0.650. The van der Waals surface area contributed by atoms with E-state index in [1.54, 1.807) is 6.07 Å². The van der Waals surface area contributed by atoms with Gasteiger partial charge >= 0.3 is 5.92 Å². The number of halogens is 4. The molecule has 2 rings (SSSR count). The SMILES string of the molecule is CCC(CC(=O)C(F)(F)CC)CC1CNCCOC1c1ccc(Cl)c(F)c1. The Bertz CT molecular complexity index is 642. The van der Waals surface area contributed by atoms with Crippen molar-refractivity contribution >= 4 is 17.4 Å². The Morgan fingerprint density at radius 2 is 2.15 bits per heavy atom. The molecule has 27 heavy (non-hydrogen) atoms. The molecule has 0 aliphatic carbocycles. The number of rotatable bonds is 8. The van der Waals surface area contributed by atoms with Crippen molar-refractivity contribution in [2.75, 3.05) is 19.7 Å². The number of Topliss-reactive ketones (excluding diaryl/α,β-unsaturated/α-hetero) is 1. The van der Waals surface area contributed by atoms with Crippen molar-refractivity contribution in [3.05, 3.63) is 34.6 Å². The van der Waals surface area contributed by atoms with Crippen molar-refractivity contribution in [3.63, 3.8) is 0 Å². The van der Waals surface area contributed by atoms with E-state index in [9.17, 15) is 18.0 Å². The van der Waals surface area contributed by atoms with E-state index in [0.29, 0.717) is 38.1 Å². The molecule has 0 aromatic heterocycles. The highest BCUT2D eigenvalue weighted by molar-refractivity contribution is 6.30. The van der Waals surface area contributed by atoms with Crippen LogP contribution < -0.4 is 5.32 Å². The van der Waals surface area contributed by atoms with Gasteiger partial charge in [0, 0.05) is 31.8 Å². The zero-order chi connectivity index (χ0) is 20.0. The summed E-state index contributed by atoms with van der Waals surface area (Å²) in [4.78, 5) is 11.9. The van der Waals surface area contributed by atoms with Crippen LogP contribution in [0.25, 0.3) is 0 Å². The molecular weight excluding hydrogens is 379 g/mol. The topological polar surface area (TPSA) is 38.3 Å². The number of hydrogen-bond donors (Lipinski definition) is 1. The van der Waals surface area contributed by atoms with Crippen LogP contribution in [0.2, 0.25) is 5.02 Å². The fourth-order valence-corrected chi connectivity index (χ4v) is 3.60. The number of ketones is 1. The van der Waals surface area contributed by atoms with Gasteiger partial charge in [-0.25, -0.2) is 4.39 Å². The molecule has 1 fully saturated rings. The van der Waals surface area contributed by atoms with Crippen LogP contribution in [0.4, 0.5) is 13.2 Å². The smallest absolute Gasteiger partial charge is 0.305 e. The lowest BCUT2D eigenvalue weighted by atomic mass is 9.83. The minimum Gasteiger partial charge on any atom is -0.372 e. The fourth-order valence-electron chi connectivity index (χ4n) is 3.48. The van der Waals surface area contributed by atoms with Crippen molar-refractivity contribution in [2.45, 2.75) is 51.6 Å². The van der Waals surface area contributed by atoms with Crippen molar-refractivity contribution in [1.29, 1.82) is 0 Å². The third-order valence-corrected chi connectivity index (χ3v) is 5.53. The standard InChI is InChI=1S/C20H27ClF3NO2/c1-3-13(10-18(26)20(23,24)4-2)9-15-12-25-7-8-27-19(15)14-5-6-16(21)17(22)11-14/h5-6,11,13,15,19,25H,3-4,7-10,12H2,1-2H3. The minimum absolute atomic E-state index is 0.0425. The molecule has 7 heteroatoms. The van der Waals surface area contributed by atoms with E-state index in [4.69, 9.17) is 16.3 Å². The average molecular weight is 406 g/mol. The Labute approximate surface area is 163 Å². The summed E-state index contributed by atoms with van der Waals surface area (Å²) in [5, 5.41) is 3.31. The molecule has 3 unspecified atom stereocenters. The minimum atomic E-state index is -3.27. The molecule has 1 heterocycles. The van der Waals surface area contributed by atoms with Crippen molar-refractivity contribution in [1.82, 2.24) is 5.32 Å². The zero-order valence-corrected chi connectivity index (χ0v) is 16.5. The van der Waals surface area contributed by atoms with E-state index in [-0.39, 0.29) is 29.4 Å². The third kappa shape index (κ3) is 5.93. The maximum Gasteiger partial charge on any atom is 0.305 e. The Hall–Kier alpha value is -1.11. The van der Waals surface area contributed by atoms with Crippen LogP contribution in [-0.2, 0) is 9.53 Å². The average Bonchev–Trinajstić information content (AvgIpc) is 2.88. The van der Waals surface area contributed by atoms with Gasteiger partial charge in [-0.1, -0.05) is 37.9 Å². The second-order valence-corrected chi connectivity index (χ2v) is 7.53. The van der Waals surface area contributed by atoms with E-state index in [1.165, 1.54) is 19.1 Å². The lowest BCUT2D eigenvalue weighted by molar-refractivity contribution is -0.144. The summed E-state index contributed by atoms with van der Waals surface area (Å²) in [6, 6.07) is 4.59. The van der Waals surface area contributed by atoms with Crippen molar-refractivity contribution < 1.29 is 22.7 Å². The van der Waals surface area contributed by atoms with E-state index < -0.39 is 23.9 Å². The van der Waals surface area contributed by atoms with Crippen LogP contribution in [0.1, 0.15) is 51.2 Å². The summed E-state index contributed by atoms with van der Waals surface area (Å²) in [6.45, 7) is 4.95. The van der Waals surface area contributed by atoms with E-state index in [0.717, 1.165) is 0 Å². The molecule has 0 amide bonds. The number of carbonyl (C=O) groups is 1. The Balaban J connectivity index is 2.15. The molecule has 0 saturated carbocycles. The second-order valence-electron chi connectivity index (χ2n) is 7.12. The summed E-state index contributed by atoms with van der Waals surface area (Å²) < 4.78 is 47.2. The summed E-state index contributed by atoms with van der Waals surface area (Å²) in [5.41, 5.74) is 0.672. The number of carbonyl (C=O) groups excluding carboxylic acids is 1. The monoisotopic (exact) mass is 405 g/mol. The molecule has 152 valence electrons. The molecule has 1 aromatic rings. The molecule has 3 nitrogen and oxygen atoms in total. The molecule has 3 atom stereocenters. The van der Waals surface area contributed by atoms with Crippen molar-refractivity contribution in [2.24, 2.45) is 11.8 Å². The maximum atomic E-state index is 13.9. The lowest BCUT2D eigenvalue weighted by Gasteiger charge is -2.29. The first-order chi connectivity index (χ1) is 12.8. The van der Waals surface area contributed by atoms with Gasteiger partial charge < -0.3 is 10.1 Å². The van der Waals surface area contributed by atoms with Gasteiger partial charge in [-0.15, -0.1) is 0 Å². The summed E-state index contributed by atoms with van der Waals surface area (Å²) in [7, 11) is 0. The molecular formula is C20H27ClF3NO2. The molecule has 1 aliphatic heterocycles. The summed E-state index contributed by atoms with van der Waals surface area (Å²) in [6.07, 6.45) is 0.148. The normalized spacial score (nSPS) is 22.3. The van der Waals surface area contributed by atoms with Gasteiger partial charge in [0.05, 0.1) is 17.7 Å². The lowest BCUT2D eigenvalue weighted by Crippen LogP contribution is -2.31. The first-order valence-electron chi connectivity index (χ1n) is 9.46. The van der Waals surface area contributed by atoms with Crippen LogP contribution in [0.15, 0.2) is 18.2 Å². The Kier molecular flexibility index (Phi) is 8.13. The van der Waals surface area contributed by atoms with Gasteiger partial charge in [-0.3, -0.25) is 4.79 Å². The predicted molar refractivity (Wildman–Crippen MR) is 99.7 cm³/mol. The molecule has 1 aliphatic rings. The van der Waals surface area contributed by atoms with Crippen LogP contribution in [0, 0.1) is 17.7 Å². The van der Waals surface area contributed by atoms with Gasteiger partial charge in [0.1, 0.15) is 5.82 Å². The van der Waals surface area contributed by atoms with Gasteiger partial charge in [0.25, 0.3) is 0 Å². The highest BCUT2D eigenvalue weighted by Gasteiger charge is 2.38. The van der Waals surface area contributed by atoms with Crippen LogP contribution in [0.3, 0.4) is 0 Å². The molecule has 1 N–H and O–H groups in total. The van der Waals surface area contributed by atoms with Gasteiger partial charge in [-0.05, 0) is 30.0 Å². The number of hydrogen-bond acceptors (Lipinski definition) is 3. The van der Waals surface area contributed by atoms with E-state index >= 15 is 0 Å². The number of benzene rings is 1. The highest BCUT2D eigenvalue weighted by Crippen LogP contribution is 2.35. The number of alkyl halides is 2. The van der Waals surface area contributed by atoms with Crippen LogP contribution in [0.5, 0.6) is 0 Å². The molecule has 0 spiro atoms. The number of nitrogens with one attached hydrogen (secondary N) is 1. The largest absolute Gasteiger partial charge is 0.372 e. The number of ether oxygens (including phenoxy) is 1. The first kappa shape index (κ1) is 22.2. The maximum absolute atomic E-state index is 13.9. The van der Waals surface area contributed by atoms with E-state index in [1.807, 2.05) is 6.92 Å². The second kappa shape index (κ2) is 9.89. The highest BCUT2D eigenvalue weighted by atomic mass is 35.5.